The summed E-state index contributed by atoms with van der Waals surface area (Å²) >= 11 is 3.74. The lowest BCUT2D eigenvalue weighted by Crippen LogP contribution is -2.22. The van der Waals surface area contributed by atoms with Crippen LogP contribution in [0.15, 0.2) is 22.7 Å². The molecule has 0 aliphatic carbocycles. The lowest BCUT2D eigenvalue weighted by atomic mass is 9.95. The van der Waals surface area contributed by atoms with Crippen molar-refractivity contribution < 1.29 is 0 Å². The molecule has 0 amide bonds. The summed E-state index contributed by atoms with van der Waals surface area (Å²) in [5.74, 6) is 1.61. The van der Waals surface area contributed by atoms with Gasteiger partial charge in [-0.15, -0.1) is 0 Å². The molecule has 2 rings (SSSR count). The van der Waals surface area contributed by atoms with Gasteiger partial charge in [0.15, 0.2) is 0 Å². The summed E-state index contributed by atoms with van der Waals surface area (Å²) in [6.45, 7) is 9.17. The predicted molar refractivity (Wildman–Crippen MR) is 91.3 cm³/mol. The van der Waals surface area contributed by atoms with Crippen LogP contribution in [0.2, 0.25) is 0 Å². The second-order valence-corrected chi connectivity index (χ2v) is 7.25. The van der Waals surface area contributed by atoms with Gasteiger partial charge in [0.1, 0.15) is 0 Å². The Balaban J connectivity index is 2.07. The molecule has 2 nitrogen and oxygen atoms in total. The molecule has 1 aliphatic heterocycles. The molecule has 1 aromatic rings. The molecule has 2 atom stereocenters. The summed E-state index contributed by atoms with van der Waals surface area (Å²) in [4.78, 5) is 2.51. The van der Waals surface area contributed by atoms with Gasteiger partial charge in [0.25, 0.3) is 0 Å². The van der Waals surface area contributed by atoms with Gasteiger partial charge in [-0.2, -0.15) is 0 Å². The zero-order chi connectivity index (χ0) is 14.7. The van der Waals surface area contributed by atoms with Crippen molar-refractivity contribution in [3.05, 3.63) is 28.2 Å². The van der Waals surface area contributed by atoms with E-state index >= 15 is 0 Å². The van der Waals surface area contributed by atoms with E-state index in [0.717, 1.165) is 24.7 Å². The average molecular weight is 339 g/mol. The zero-order valence-electron chi connectivity index (χ0n) is 12.9. The van der Waals surface area contributed by atoms with Gasteiger partial charge in [-0.05, 0) is 64.7 Å². The molecular formula is C17H27BrN2. The van der Waals surface area contributed by atoms with Gasteiger partial charge >= 0.3 is 0 Å². The van der Waals surface area contributed by atoms with Gasteiger partial charge in [-0.25, -0.2) is 0 Å². The summed E-state index contributed by atoms with van der Waals surface area (Å²) in [6.07, 6.45) is 3.30. The number of hydrogen-bond donors (Lipinski definition) is 1. The number of anilines is 1. The van der Waals surface area contributed by atoms with E-state index in [1.807, 2.05) is 0 Å². The predicted octanol–water partition coefficient (Wildman–Crippen LogP) is 4.21. The summed E-state index contributed by atoms with van der Waals surface area (Å²) in [6, 6.07) is 7.00. The third-order valence-corrected chi connectivity index (χ3v) is 5.18. The second kappa shape index (κ2) is 6.95. The normalized spacial score (nSPS) is 20.7. The molecule has 1 heterocycles. The number of rotatable bonds is 5. The Labute approximate surface area is 131 Å². The lowest BCUT2D eigenvalue weighted by Gasteiger charge is -2.22. The monoisotopic (exact) mass is 338 g/mol. The van der Waals surface area contributed by atoms with Crippen LogP contribution in [0.5, 0.6) is 0 Å². The molecule has 20 heavy (non-hydrogen) atoms. The molecule has 1 aliphatic rings. The Kier molecular flexibility index (Phi) is 5.50. The third-order valence-electron chi connectivity index (χ3n) is 4.54. The fourth-order valence-electron chi connectivity index (χ4n) is 2.93. The molecule has 112 valence electrons. The van der Waals surface area contributed by atoms with Gasteiger partial charge in [0.05, 0.1) is 5.69 Å². The highest BCUT2D eigenvalue weighted by atomic mass is 79.9. The molecule has 0 radical (unpaired) electrons. The van der Waals surface area contributed by atoms with Crippen LogP contribution < -0.4 is 10.6 Å². The Morgan fingerprint density at radius 1 is 1.40 bits per heavy atom. The first-order valence-corrected chi connectivity index (χ1v) is 8.59. The smallest absolute Gasteiger partial charge is 0.0510 e. The maximum absolute atomic E-state index is 6.04. The summed E-state index contributed by atoms with van der Waals surface area (Å²) in [5.41, 5.74) is 8.70. The van der Waals surface area contributed by atoms with Crippen molar-refractivity contribution in [2.24, 2.45) is 17.6 Å². The lowest BCUT2D eigenvalue weighted by molar-refractivity contribution is 0.423. The molecule has 2 N–H and O–H groups in total. The third kappa shape index (κ3) is 3.76. The largest absolute Gasteiger partial charge is 0.370 e. The Hall–Kier alpha value is -0.540. The van der Waals surface area contributed by atoms with Gasteiger partial charge in [0, 0.05) is 23.6 Å². The Morgan fingerprint density at radius 2 is 2.15 bits per heavy atom. The highest BCUT2D eigenvalue weighted by Crippen LogP contribution is 2.33. The summed E-state index contributed by atoms with van der Waals surface area (Å²) in [5, 5.41) is 0. The number of nitrogens with zero attached hydrogens (tertiary/aromatic N) is 1. The number of hydrogen-bond acceptors (Lipinski definition) is 2. The molecule has 0 spiro atoms. The van der Waals surface area contributed by atoms with Crippen LogP contribution in [0.25, 0.3) is 0 Å². The minimum atomic E-state index is 0.268. The molecule has 0 saturated carbocycles. The number of nitrogens with two attached hydrogens (primary N) is 1. The molecule has 3 heteroatoms. The molecule has 0 bridgehead atoms. The van der Waals surface area contributed by atoms with E-state index in [1.54, 1.807) is 0 Å². The average Bonchev–Trinajstić information content (AvgIpc) is 2.88. The minimum Gasteiger partial charge on any atom is -0.370 e. The molecule has 1 fully saturated rings. The topological polar surface area (TPSA) is 29.3 Å². The van der Waals surface area contributed by atoms with Crippen molar-refractivity contribution in [2.75, 3.05) is 18.0 Å². The van der Waals surface area contributed by atoms with E-state index in [1.165, 1.54) is 35.2 Å². The van der Waals surface area contributed by atoms with Gasteiger partial charge in [-0.3, -0.25) is 0 Å². The van der Waals surface area contributed by atoms with Crippen molar-refractivity contribution in [2.45, 2.75) is 46.1 Å². The standard InChI is InChI=1S/C17H27BrN2/c1-4-15(19)9-13-5-6-17(16(18)10-13)20-8-7-14(11-20)12(2)3/h5-6,10,12,14-15H,4,7-9,11,19H2,1-3H3. The summed E-state index contributed by atoms with van der Waals surface area (Å²) in [7, 11) is 0. The maximum atomic E-state index is 6.04. The van der Waals surface area contributed by atoms with Gasteiger partial charge in [-0.1, -0.05) is 26.8 Å². The summed E-state index contributed by atoms with van der Waals surface area (Å²) < 4.78 is 1.21. The molecule has 1 saturated heterocycles. The highest BCUT2D eigenvalue weighted by Gasteiger charge is 2.26. The minimum absolute atomic E-state index is 0.268. The molecule has 0 aromatic heterocycles. The van der Waals surface area contributed by atoms with E-state index < -0.39 is 0 Å². The van der Waals surface area contributed by atoms with Crippen molar-refractivity contribution in [3.8, 4) is 0 Å². The highest BCUT2D eigenvalue weighted by molar-refractivity contribution is 9.10. The first kappa shape index (κ1) is 15.8. The van der Waals surface area contributed by atoms with Crippen LogP contribution in [0.4, 0.5) is 5.69 Å². The fourth-order valence-corrected chi connectivity index (χ4v) is 3.61. The van der Waals surface area contributed by atoms with Crippen molar-refractivity contribution >= 4 is 21.6 Å². The van der Waals surface area contributed by atoms with Crippen molar-refractivity contribution in [1.82, 2.24) is 0 Å². The van der Waals surface area contributed by atoms with Crippen LogP contribution in [-0.2, 0) is 6.42 Å². The van der Waals surface area contributed by atoms with E-state index in [9.17, 15) is 0 Å². The van der Waals surface area contributed by atoms with Crippen molar-refractivity contribution in [1.29, 1.82) is 0 Å². The van der Waals surface area contributed by atoms with Crippen LogP contribution in [0.1, 0.15) is 39.2 Å². The number of benzene rings is 1. The zero-order valence-corrected chi connectivity index (χ0v) is 14.5. The first-order chi connectivity index (χ1) is 9.51. The van der Waals surface area contributed by atoms with E-state index in [0.29, 0.717) is 0 Å². The van der Waals surface area contributed by atoms with Gasteiger partial charge < -0.3 is 10.6 Å². The van der Waals surface area contributed by atoms with Crippen LogP contribution >= 0.6 is 15.9 Å². The Bertz CT molecular complexity index is 445. The molecular weight excluding hydrogens is 312 g/mol. The van der Waals surface area contributed by atoms with Gasteiger partial charge in [0.2, 0.25) is 0 Å². The fraction of sp³-hybridized carbons (Fsp3) is 0.647. The van der Waals surface area contributed by atoms with E-state index in [2.05, 4.69) is 59.8 Å². The molecule has 2 unspecified atom stereocenters. The van der Waals surface area contributed by atoms with E-state index in [4.69, 9.17) is 5.73 Å². The van der Waals surface area contributed by atoms with Crippen LogP contribution in [0.3, 0.4) is 0 Å². The first-order valence-electron chi connectivity index (χ1n) is 7.80. The second-order valence-electron chi connectivity index (χ2n) is 6.40. The van der Waals surface area contributed by atoms with Crippen LogP contribution in [-0.4, -0.2) is 19.1 Å². The Morgan fingerprint density at radius 3 is 2.70 bits per heavy atom. The van der Waals surface area contributed by atoms with Crippen molar-refractivity contribution in [3.63, 3.8) is 0 Å². The quantitative estimate of drug-likeness (QED) is 0.871. The SMILES string of the molecule is CCC(N)Cc1ccc(N2CCC(C(C)C)C2)c(Br)c1. The molecule has 1 aromatic carbocycles. The van der Waals surface area contributed by atoms with Crippen LogP contribution in [0, 0.1) is 11.8 Å². The number of halogens is 1. The maximum Gasteiger partial charge on any atom is 0.0510 e. The van der Waals surface area contributed by atoms with E-state index in [-0.39, 0.29) is 6.04 Å².